The molecule has 0 atom stereocenters. The van der Waals surface area contributed by atoms with E-state index in [4.69, 9.17) is 4.74 Å². The molecular weight excluding hydrogens is 276 g/mol. The van der Waals surface area contributed by atoms with E-state index in [1.807, 2.05) is 6.07 Å². The predicted octanol–water partition coefficient (Wildman–Crippen LogP) is 5.17. The lowest BCUT2D eigenvalue weighted by Crippen LogP contribution is -2.13. The molecule has 2 rings (SSSR count). The third kappa shape index (κ3) is 3.01. The van der Waals surface area contributed by atoms with E-state index < -0.39 is 0 Å². The zero-order valence-electron chi connectivity index (χ0n) is 10.2. The lowest BCUT2D eigenvalue weighted by atomic mass is 10.1. The number of benzene rings is 2. The van der Waals surface area contributed by atoms with Gasteiger partial charge in [-0.1, -0.05) is 41.9 Å². The van der Waals surface area contributed by atoms with Crippen LogP contribution in [0.1, 0.15) is 26.7 Å². The van der Waals surface area contributed by atoms with Gasteiger partial charge in [-0.3, -0.25) is 0 Å². The Morgan fingerprint density at radius 2 is 1.65 bits per heavy atom. The highest BCUT2D eigenvalue weighted by Gasteiger charge is 2.05. The molecule has 0 saturated carbocycles. The molecule has 17 heavy (non-hydrogen) atoms. The average molecular weight is 293 g/mol. The second-order valence-electron chi connectivity index (χ2n) is 4.21. The number of hydrogen-bond acceptors (Lipinski definition) is 1. The molecule has 2 heteroatoms. The van der Waals surface area contributed by atoms with E-state index in [1.54, 1.807) is 0 Å². The first kappa shape index (κ1) is 12.4. The van der Waals surface area contributed by atoms with E-state index in [9.17, 15) is 0 Å². The lowest BCUT2D eigenvalue weighted by Gasteiger charge is -2.15. The monoisotopic (exact) mass is 292 g/mol. The van der Waals surface area contributed by atoms with Gasteiger partial charge in [-0.05, 0) is 47.9 Å². The van der Waals surface area contributed by atoms with Crippen LogP contribution < -0.4 is 4.74 Å². The van der Waals surface area contributed by atoms with Gasteiger partial charge in [0.15, 0.2) is 0 Å². The number of fused-ring (bicyclic) bond motifs is 1. The highest BCUT2D eigenvalue weighted by Crippen LogP contribution is 2.25. The Bertz CT molecular complexity index is 503. The Balaban J connectivity index is 2.28. The third-order valence-electron chi connectivity index (χ3n) is 2.99. The first-order valence-electron chi connectivity index (χ1n) is 6.09. The molecule has 2 aromatic carbocycles. The molecule has 0 radical (unpaired) electrons. The third-order valence-corrected chi connectivity index (χ3v) is 3.48. The topological polar surface area (TPSA) is 9.23 Å². The van der Waals surface area contributed by atoms with Crippen LogP contribution in [0.15, 0.2) is 40.9 Å². The van der Waals surface area contributed by atoms with Crippen molar-refractivity contribution in [2.45, 2.75) is 32.8 Å². The summed E-state index contributed by atoms with van der Waals surface area (Å²) in [6.45, 7) is 4.32. The van der Waals surface area contributed by atoms with Crippen LogP contribution in [0.25, 0.3) is 10.8 Å². The molecule has 2 aromatic rings. The zero-order valence-corrected chi connectivity index (χ0v) is 11.8. The van der Waals surface area contributed by atoms with Gasteiger partial charge in [0.25, 0.3) is 0 Å². The molecule has 0 unspecified atom stereocenters. The number of rotatable bonds is 4. The standard InChI is InChI=1S/C15H17BrO/c1-3-14(4-2)17-15-8-6-11-9-13(16)7-5-12(11)10-15/h5-10,14H,3-4H2,1-2H3. The summed E-state index contributed by atoms with van der Waals surface area (Å²) in [4.78, 5) is 0. The highest BCUT2D eigenvalue weighted by molar-refractivity contribution is 9.10. The number of ether oxygens (including phenoxy) is 1. The molecule has 0 amide bonds. The molecule has 0 aliphatic carbocycles. The zero-order chi connectivity index (χ0) is 12.3. The van der Waals surface area contributed by atoms with Gasteiger partial charge in [-0.15, -0.1) is 0 Å². The molecule has 0 N–H and O–H groups in total. The highest BCUT2D eigenvalue weighted by atomic mass is 79.9. The van der Waals surface area contributed by atoms with Gasteiger partial charge in [-0.2, -0.15) is 0 Å². The molecule has 0 aliphatic heterocycles. The molecule has 0 heterocycles. The summed E-state index contributed by atoms with van der Waals surface area (Å²) >= 11 is 3.48. The summed E-state index contributed by atoms with van der Waals surface area (Å²) in [5.74, 6) is 0.966. The van der Waals surface area contributed by atoms with Gasteiger partial charge in [0.1, 0.15) is 5.75 Å². The van der Waals surface area contributed by atoms with Crippen molar-refractivity contribution in [1.82, 2.24) is 0 Å². The minimum atomic E-state index is 0.322. The van der Waals surface area contributed by atoms with Crippen molar-refractivity contribution in [3.8, 4) is 5.75 Å². The van der Waals surface area contributed by atoms with Crippen molar-refractivity contribution in [2.24, 2.45) is 0 Å². The van der Waals surface area contributed by atoms with Gasteiger partial charge < -0.3 is 4.74 Å². The number of hydrogen-bond donors (Lipinski definition) is 0. The second kappa shape index (κ2) is 5.54. The number of halogens is 1. The lowest BCUT2D eigenvalue weighted by molar-refractivity contribution is 0.193. The van der Waals surface area contributed by atoms with Crippen LogP contribution in [0.3, 0.4) is 0 Å². The minimum Gasteiger partial charge on any atom is -0.490 e. The van der Waals surface area contributed by atoms with Crippen molar-refractivity contribution in [3.63, 3.8) is 0 Å². The van der Waals surface area contributed by atoms with E-state index in [2.05, 4.69) is 60.1 Å². The molecule has 0 aliphatic rings. The Labute approximate surface area is 111 Å². The van der Waals surface area contributed by atoms with Crippen LogP contribution in [0.2, 0.25) is 0 Å². The fourth-order valence-corrected chi connectivity index (χ4v) is 2.29. The first-order chi connectivity index (χ1) is 8.22. The summed E-state index contributed by atoms with van der Waals surface area (Å²) in [7, 11) is 0. The van der Waals surface area contributed by atoms with E-state index in [-0.39, 0.29) is 0 Å². The van der Waals surface area contributed by atoms with Gasteiger partial charge in [0, 0.05) is 4.47 Å². The van der Waals surface area contributed by atoms with Crippen LogP contribution in [0.5, 0.6) is 5.75 Å². The molecule has 90 valence electrons. The van der Waals surface area contributed by atoms with E-state index in [0.29, 0.717) is 6.10 Å². The van der Waals surface area contributed by atoms with Crippen molar-refractivity contribution in [1.29, 1.82) is 0 Å². The van der Waals surface area contributed by atoms with Crippen LogP contribution in [-0.2, 0) is 0 Å². The minimum absolute atomic E-state index is 0.322. The van der Waals surface area contributed by atoms with Crippen LogP contribution >= 0.6 is 15.9 Å². The normalized spacial score (nSPS) is 11.1. The van der Waals surface area contributed by atoms with Gasteiger partial charge in [0.2, 0.25) is 0 Å². The average Bonchev–Trinajstić information content (AvgIpc) is 2.36. The smallest absolute Gasteiger partial charge is 0.120 e. The predicted molar refractivity (Wildman–Crippen MR) is 76.6 cm³/mol. The summed E-state index contributed by atoms with van der Waals surface area (Å²) < 4.78 is 7.05. The summed E-state index contributed by atoms with van der Waals surface area (Å²) in [6.07, 6.45) is 2.42. The largest absolute Gasteiger partial charge is 0.490 e. The van der Waals surface area contributed by atoms with Gasteiger partial charge >= 0.3 is 0 Å². The molecule has 1 nitrogen and oxygen atoms in total. The van der Waals surface area contributed by atoms with E-state index >= 15 is 0 Å². The van der Waals surface area contributed by atoms with Crippen molar-refractivity contribution >= 4 is 26.7 Å². The molecule has 0 fully saturated rings. The fraction of sp³-hybridized carbons (Fsp3) is 0.333. The SMILES string of the molecule is CCC(CC)Oc1ccc2cc(Br)ccc2c1. The quantitative estimate of drug-likeness (QED) is 0.755. The molecule has 0 bridgehead atoms. The van der Waals surface area contributed by atoms with E-state index in [1.165, 1.54) is 10.8 Å². The van der Waals surface area contributed by atoms with Gasteiger partial charge in [-0.25, -0.2) is 0 Å². The maximum absolute atomic E-state index is 5.94. The summed E-state index contributed by atoms with van der Waals surface area (Å²) in [6, 6.07) is 12.6. The molecular formula is C15H17BrO. The first-order valence-corrected chi connectivity index (χ1v) is 6.88. The van der Waals surface area contributed by atoms with Crippen LogP contribution in [0.4, 0.5) is 0 Å². The summed E-state index contributed by atoms with van der Waals surface area (Å²) in [5.41, 5.74) is 0. The van der Waals surface area contributed by atoms with Gasteiger partial charge in [0.05, 0.1) is 6.10 Å². The fourth-order valence-electron chi connectivity index (χ4n) is 1.92. The van der Waals surface area contributed by atoms with E-state index in [0.717, 1.165) is 23.1 Å². The maximum Gasteiger partial charge on any atom is 0.120 e. The molecule has 0 saturated heterocycles. The van der Waals surface area contributed by atoms with Crippen molar-refractivity contribution in [2.75, 3.05) is 0 Å². The molecule has 0 aromatic heterocycles. The molecule has 0 spiro atoms. The Hall–Kier alpha value is -1.02. The Kier molecular flexibility index (Phi) is 4.06. The van der Waals surface area contributed by atoms with Crippen molar-refractivity contribution in [3.05, 3.63) is 40.9 Å². The van der Waals surface area contributed by atoms with Crippen LogP contribution in [0, 0.1) is 0 Å². The second-order valence-corrected chi connectivity index (χ2v) is 5.13. The Morgan fingerprint density at radius 1 is 1.00 bits per heavy atom. The van der Waals surface area contributed by atoms with Crippen molar-refractivity contribution < 1.29 is 4.74 Å². The van der Waals surface area contributed by atoms with Crippen LogP contribution in [-0.4, -0.2) is 6.10 Å². The summed E-state index contributed by atoms with van der Waals surface area (Å²) in [5, 5.41) is 2.45. The Morgan fingerprint density at radius 3 is 2.35 bits per heavy atom. The maximum atomic E-state index is 5.94.